The summed E-state index contributed by atoms with van der Waals surface area (Å²) in [4.78, 5) is 11.5. The molecule has 0 aromatic carbocycles. The number of nitrogens with one attached hydrogen (secondary N) is 1. The summed E-state index contributed by atoms with van der Waals surface area (Å²) in [7, 11) is -3.80. The second-order valence-electron chi connectivity index (χ2n) is 5.76. The van der Waals surface area contributed by atoms with E-state index in [9.17, 15) is 13.2 Å². The highest BCUT2D eigenvalue weighted by Crippen LogP contribution is 2.27. The van der Waals surface area contributed by atoms with Gasteiger partial charge in [0.2, 0.25) is 16.8 Å². The summed E-state index contributed by atoms with van der Waals surface area (Å²) in [5.41, 5.74) is 0. The van der Waals surface area contributed by atoms with Crippen LogP contribution in [0, 0.1) is 0 Å². The van der Waals surface area contributed by atoms with Crippen LogP contribution in [-0.2, 0) is 14.8 Å². The molecule has 1 aliphatic heterocycles. The minimum Gasteiger partial charge on any atom is -0.440 e. The van der Waals surface area contributed by atoms with Gasteiger partial charge in [-0.1, -0.05) is 18.2 Å². The average Bonchev–Trinajstić information content (AvgIpc) is 3.23. The second-order valence-corrected chi connectivity index (χ2v) is 7.63. The minimum atomic E-state index is -3.80. The van der Waals surface area contributed by atoms with Crippen LogP contribution in [0.4, 0.5) is 0 Å². The van der Waals surface area contributed by atoms with E-state index >= 15 is 0 Å². The Labute approximate surface area is 145 Å². The first kappa shape index (κ1) is 17.4. The van der Waals surface area contributed by atoms with E-state index in [4.69, 9.17) is 8.94 Å². The van der Waals surface area contributed by atoms with Gasteiger partial charge >= 0.3 is 0 Å². The summed E-state index contributed by atoms with van der Waals surface area (Å²) >= 11 is 0. The van der Waals surface area contributed by atoms with Crippen LogP contribution in [0.15, 0.2) is 51.1 Å². The largest absolute Gasteiger partial charge is 0.440 e. The Morgan fingerprint density at radius 2 is 2.16 bits per heavy atom. The fourth-order valence-corrected chi connectivity index (χ4v) is 4.20. The van der Waals surface area contributed by atoms with Crippen molar-refractivity contribution in [3.63, 3.8) is 0 Å². The van der Waals surface area contributed by atoms with Crippen molar-refractivity contribution in [1.82, 2.24) is 14.8 Å². The SMILES string of the molecule is C=CC(=O)NC1CCCCN(S(=O)(=O)c2ccc(-c3ccno3)o2)C1. The highest BCUT2D eigenvalue weighted by atomic mass is 32.2. The van der Waals surface area contributed by atoms with Gasteiger partial charge in [0.25, 0.3) is 10.0 Å². The van der Waals surface area contributed by atoms with Gasteiger partial charge in [0.1, 0.15) is 0 Å². The first-order chi connectivity index (χ1) is 12.0. The summed E-state index contributed by atoms with van der Waals surface area (Å²) < 4.78 is 37.5. The number of nitrogens with zero attached hydrogens (tertiary/aromatic N) is 2. The minimum absolute atomic E-state index is 0.158. The summed E-state index contributed by atoms with van der Waals surface area (Å²) in [6.07, 6.45) is 4.89. The van der Waals surface area contributed by atoms with E-state index < -0.39 is 10.0 Å². The number of rotatable bonds is 5. The van der Waals surface area contributed by atoms with Gasteiger partial charge in [0.15, 0.2) is 5.76 Å². The third kappa shape index (κ3) is 3.83. The van der Waals surface area contributed by atoms with Crippen molar-refractivity contribution < 1.29 is 22.2 Å². The third-order valence-corrected chi connectivity index (χ3v) is 5.76. The molecule has 2 aromatic rings. The molecule has 1 amide bonds. The Morgan fingerprint density at radius 1 is 1.32 bits per heavy atom. The van der Waals surface area contributed by atoms with Crippen LogP contribution in [0.2, 0.25) is 0 Å². The van der Waals surface area contributed by atoms with Crippen molar-refractivity contribution in [2.75, 3.05) is 13.1 Å². The Balaban J connectivity index is 1.80. The van der Waals surface area contributed by atoms with Crippen molar-refractivity contribution in [3.8, 4) is 11.5 Å². The maximum atomic E-state index is 12.9. The molecule has 0 bridgehead atoms. The molecule has 134 valence electrons. The zero-order valence-corrected chi connectivity index (χ0v) is 14.4. The molecular weight excluding hydrogens is 346 g/mol. The van der Waals surface area contributed by atoms with E-state index in [0.717, 1.165) is 12.8 Å². The van der Waals surface area contributed by atoms with Gasteiger partial charge in [-0.3, -0.25) is 4.79 Å². The molecule has 2 aromatic heterocycles. The maximum Gasteiger partial charge on any atom is 0.276 e. The molecular formula is C16H19N3O5S. The molecule has 1 fully saturated rings. The van der Waals surface area contributed by atoms with Crippen LogP contribution < -0.4 is 5.32 Å². The third-order valence-electron chi connectivity index (χ3n) is 4.02. The summed E-state index contributed by atoms with van der Waals surface area (Å²) in [6.45, 7) is 3.99. The predicted octanol–water partition coefficient (Wildman–Crippen LogP) is 1.78. The molecule has 3 heterocycles. The molecule has 1 saturated heterocycles. The monoisotopic (exact) mass is 365 g/mol. The molecule has 8 nitrogen and oxygen atoms in total. The highest BCUT2D eigenvalue weighted by Gasteiger charge is 2.32. The number of furan rings is 1. The normalized spacial score (nSPS) is 19.3. The Morgan fingerprint density at radius 3 is 2.88 bits per heavy atom. The standard InChI is InChI=1S/C16H19N3O5S/c1-2-15(20)18-12-5-3-4-10-19(11-12)25(21,22)16-7-6-13(23-16)14-8-9-17-24-14/h2,6-9,12H,1,3-5,10-11H2,(H,18,20). The molecule has 1 atom stereocenters. The second kappa shape index (κ2) is 7.24. The first-order valence-corrected chi connectivity index (χ1v) is 9.38. The van der Waals surface area contributed by atoms with Crippen LogP contribution in [0.25, 0.3) is 11.5 Å². The van der Waals surface area contributed by atoms with E-state index in [0.29, 0.717) is 24.5 Å². The molecule has 1 aliphatic rings. The lowest BCUT2D eigenvalue weighted by atomic mass is 10.1. The van der Waals surface area contributed by atoms with Crippen LogP contribution in [0.1, 0.15) is 19.3 Å². The topological polar surface area (TPSA) is 106 Å². The van der Waals surface area contributed by atoms with Crippen LogP contribution in [0.3, 0.4) is 0 Å². The molecule has 0 radical (unpaired) electrons. The number of amides is 1. The lowest BCUT2D eigenvalue weighted by molar-refractivity contribution is -0.117. The zero-order valence-electron chi connectivity index (χ0n) is 13.6. The van der Waals surface area contributed by atoms with Gasteiger partial charge in [-0.05, 0) is 31.1 Å². The van der Waals surface area contributed by atoms with Crippen molar-refractivity contribution in [2.45, 2.75) is 30.4 Å². The predicted molar refractivity (Wildman–Crippen MR) is 88.9 cm³/mol. The lowest BCUT2D eigenvalue weighted by Gasteiger charge is -2.23. The average molecular weight is 365 g/mol. The molecule has 3 rings (SSSR count). The van der Waals surface area contributed by atoms with E-state index in [1.54, 1.807) is 6.07 Å². The van der Waals surface area contributed by atoms with Gasteiger partial charge < -0.3 is 14.3 Å². The Bertz CT molecular complexity index is 841. The first-order valence-electron chi connectivity index (χ1n) is 7.94. The highest BCUT2D eigenvalue weighted by molar-refractivity contribution is 7.89. The molecule has 1 N–H and O–H groups in total. The molecule has 25 heavy (non-hydrogen) atoms. The molecule has 1 unspecified atom stereocenters. The number of aromatic nitrogens is 1. The smallest absolute Gasteiger partial charge is 0.276 e. The molecule has 0 saturated carbocycles. The van der Waals surface area contributed by atoms with Crippen molar-refractivity contribution in [2.24, 2.45) is 0 Å². The summed E-state index contributed by atoms with van der Waals surface area (Å²) in [5, 5.41) is 6.19. The Hall–Kier alpha value is -2.39. The van der Waals surface area contributed by atoms with Crippen molar-refractivity contribution >= 4 is 15.9 Å². The molecule has 9 heteroatoms. The summed E-state index contributed by atoms with van der Waals surface area (Å²) in [6, 6.07) is 4.26. The fraction of sp³-hybridized carbons (Fsp3) is 0.375. The number of hydrogen-bond donors (Lipinski definition) is 1. The number of hydrogen-bond acceptors (Lipinski definition) is 6. The van der Waals surface area contributed by atoms with Gasteiger partial charge in [-0.2, -0.15) is 4.31 Å². The number of carbonyl (C=O) groups excluding carboxylic acids is 1. The van der Waals surface area contributed by atoms with Gasteiger partial charge in [-0.25, -0.2) is 8.42 Å². The van der Waals surface area contributed by atoms with Gasteiger partial charge in [0.05, 0.1) is 6.20 Å². The summed E-state index contributed by atoms with van der Waals surface area (Å²) in [5.74, 6) is 0.339. The van der Waals surface area contributed by atoms with Gasteiger partial charge in [0, 0.05) is 25.2 Å². The molecule has 0 aliphatic carbocycles. The van der Waals surface area contributed by atoms with Crippen LogP contribution in [0.5, 0.6) is 0 Å². The van der Waals surface area contributed by atoms with Gasteiger partial charge in [-0.15, -0.1) is 0 Å². The number of sulfonamides is 1. The molecule has 0 spiro atoms. The lowest BCUT2D eigenvalue weighted by Crippen LogP contribution is -2.44. The van der Waals surface area contributed by atoms with Crippen molar-refractivity contribution in [3.05, 3.63) is 37.1 Å². The van der Waals surface area contributed by atoms with Crippen LogP contribution in [-0.4, -0.2) is 42.9 Å². The van der Waals surface area contributed by atoms with E-state index in [-0.39, 0.29) is 23.6 Å². The quantitative estimate of drug-likeness (QED) is 0.810. The Kier molecular flexibility index (Phi) is 5.05. The number of carbonyl (C=O) groups is 1. The van der Waals surface area contributed by atoms with E-state index in [1.807, 2.05) is 0 Å². The van der Waals surface area contributed by atoms with Crippen LogP contribution >= 0.6 is 0 Å². The van der Waals surface area contributed by atoms with Crippen molar-refractivity contribution in [1.29, 1.82) is 0 Å². The van der Waals surface area contributed by atoms with E-state index in [1.165, 1.54) is 28.7 Å². The fourth-order valence-electron chi connectivity index (χ4n) is 2.76. The maximum absolute atomic E-state index is 12.9. The zero-order chi connectivity index (χ0) is 17.9. The van der Waals surface area contributed by atoms with E-state index in [2.05, 4.69) is 17.1 Å².